The highest BCUT2D eigenvalue weighted by atomic mass is 32.2. The van der Waals surface area contributed by atoms with E-state index in [-0.39, 0.29) is 41.9 Å². The van der Waals surface area contributed by atoms with Crippen LogP contribution in [0, 0.1) is 0 Å². The van der Waals surface area contributed by atoms with Crippen LogP contribution in [-0.4, -0.2) is 87.5 Å². The molecule has 1 saturated carbocycles. The number of hydrogen-bond acceptors (Lipinski definition) is 6. The Balaban J connectivity index is 1.47. The van der Waals surface area contributed by atoms with Crippen molar-refractivity contribution in [1.29, 1.82) is 0 Å². The number of carbonyl (C=O) groups is 2. The number of benzene rings is 1. The Morgan fingerprint density at radius 1 is 1.12 bits per heavy atom. The van der Waals surface area contributed by atoms with Gasteiger partial charge in [0.2, 0.25) is 15.9 Å². The number of nitrogens with one attached hydrogen (secondary N) is 2. The second-order valence-electron chi connectivity index (χ2n) is 8.78. The number of hydrogen-bond donors (Lipinski definition) is 2. The highest BCUT2D eigenvalue weighted by Crippen LogP contribution is 2.34. The Bertz CT molecular complexity index is 939. The predicted octanol–water partition coefficient (Wildman–Crippen LogP) is 0.572. The lowest BCUT2D eigenvalue weighted by Gasteiger charge is -2.48. The summed E-state index contributed by atoms with van der Waals surface area (Å²) in [6.07, 6.45) is 5.58. The van der Waals surface area contributed by atoms with E-state index in [1.165, 1.54) is 18.6 Å². The molecule has 0 radical (unpaired) electrons. The van der Waals surface area contributed by atoms with Crippen molar-refractivity contribution >= 4 is 21.8 Å². The molecule has 1 aromatic carbocycles. The summed E-state index contributed by atoms with van der Waals surface area (Å²) in [5.41, 5.74) is 0.239. The van der Waals surface area contributed by atoms with Crippen LogP contribution in [0.1, 0.15) is 42.5 Å². The molecule has 0 atom stereocenters. The van der Waals surface area contributed by atoms with Crippen LogP contribution in [0.2, 0.25) is 0 Å². The minimum absolute atomic E-state index is 0.0282. The zero-order valence-electron chi connectivity index (χ0n) is 18.3. The number of rotatable bonds is 6. The molecule has 0 aromatic heterocycles. The summed E-state index contributed by atoms with van der Waals surface area (Å²) in [4.78, 5) is 27.1. The maximum atomic E-state index is 13.0. The van der Waals surface area contributed by atoms with Crippen molar-refractivity contribution in [2.75, 3.05) is 52.5 Å². The van der Waals surface area contributed by atoms with Gasteiger partial charge in [0.25, 0.3) is 5.91 Å². The van der Waals surface area contributed by atoms with Crippen molar-refractivity contribution < 1.29 is 22.7 Å². The molecule has 2 heterocycles. The molecule has 3 fully saturated rings. The zero-order chi connectivity index (χ0) is 22.6. The Morgan fingerprint density at radius 2 is 1.88 bits per heavy atom. The van der Waals surface area contributed by atoms with Gasteiger partial charge in [0, 0.05) is 43.8 Å². The fourth-order valence-corrected chi connectivity index (χ4v) is 6.41. The number of carbonyl (C=O) groups excluding carboxylic acids is 2. The molecule has 176 valence electrons. The average Bonchev–Trinajstić information content (AvgIpc) is 2.84. The van der Waals surface area contributed by atoms with Gasteiger partial charge in [-0.3, -0.25) is 14.5 Å². The first-order valence-corrected chi connectivity index (χ1v) is 12.8. The minimum Gasteiger partial charge on any atom is -0.379 e. The molecule has 2 saturated heterocycles. The van der Waals surface area contributed by atoms with E-state index < -0.39 is 10.0 Å². The second-order valence-corrected chi connectivity index (χ2v) is 10.7. The zero-order valence-corrected chi connectivity index (χ0v) is 19.2. The largest absolute Gasteiger partial charge is 0.379 e. The van der Waals surface area contributed by atoms with Crippen LogP contribution in [-0.2, 0) is 19.6 Å². The first-order chi connectivity index (χ1) is 15.4. The van der Waals surface area contributed by atoms with Crippen molar-refractivity contribution in [2.45, 2.75) is 42.5 Å². The predicted molar refractivity (Wildman–Crippen MR) is 119 cm³/mol. The standard InChI is InChI=1S/C22H32N4O5S/c27-20-16-26(10-9-23-20)32(29,30)19-6-4-5-18(15-19)21(28)24-17-22(7-2-1-3-8-22)25-11-13-31-14-12-25/h4-6,15H,1-3,7-14,16-17H2,(H,23,27)(H,24,28). The van der Waals surface area contributed by atoms with Crippen LogP contribution in [0.15, 0.2) is 29.2 Å². The third-order valence-electron chi connectivity index (χ3n) is 6.78. The Hall–Kier alpha value is -2.01. The van der Waals surface area contributed by atoms with E-state index in [2.05, 4.69) is 15.5 Å². The summed E-state index contributed by atoms with van der Waals surface area (Å²) < 4.78 is 32.6. The molecule has 1 aliphatic carbocycles. The van der Waals surface area contributed by atoms with E-state index in [9.17, 15) is 18.0 Å². The van der Waals surface area contributed by atoms with Crippen molar-refractivity contribution in [3.05, 3.63) is 29.8 Å². The van der Waals surface area contributed by atoms with Gasteiger partial charge >= 0.3 is 0 Å². The highest BCUT2D eigenvalue weighted by Gasteiger charge is 2.39. The topological polar surface area (TPSA) is 108 Å². The molecule has 2 amide bonds. The van der Waals surface area contributed by atoms with Crippen molar-refractivity contribution in [3.63, 3.8) is 0 Å². The van der Waals surface area contributed by atoms with Crippen LogP contribution in [0.3, 0.4) is 0 Å². The van der Waals surface area contributed by atoms with Crippen molar-refractivity contribution in [1.82, 2.24) is 19.8 Å². The maximum Gasteiger partial charge on any atom is 0.251 e. The number of sulfonamides is 1. The minimum atomic E-state index is -3.85. The summed E-state index contributed by atoms with van der Waals surface area (Å²) in [6.45, 7) is 3.98. The number of piperazine rings is 1. The molecular weight excluding hydrogens is 432 g/mol. The summed E-state index contributed by atoms with van der Waals surface area (Å²) in [6, 6.07) is 6.07. The number of amides is 2. The van der Waals surface area contributed by atoms with Gasteiger partial charge in [0.15, 0.2) is 0 Å². The molecule has 10 heteroatoms. The number of morpholine rings is 1. The lowest BCUT2D eigenvalue weighted by molar-refractivity contribution is -0.122. The fraction of sp³-hybridized carbons (Fsp3) is 0.636. The van der Waals surface area contributed by atoms with Crippen LogP contribution in [0.25, 0.3) is 0 Å². The molecule has 32 heavy (non-hydrogen) atoms. The molecule has 1 aromatic rings. The summed E-state index contributed by atoms with van der Waals surface area (Å²) >= 11 is 0. The fourth-order valence-electron chi connectivity index (χ4n) is 4.97. The van der Waals surface area contributed by atoms with E-state index in [0.717, 1.165) is 43.1 Å². The molecule has 0 bridgehead atoms. The van der Waals surface area contributed by atoms with Crippen LogP contribution in [0.5, 0.6) is 0 Å². The van der Waals surface area contributed by atoms with Gasteiger partial charge < -0.3 is 15.4 Å². The normalized spacial score (nSPS) is 22.8. The molecule has 0 unspecified atom stereocenters. The molecule has 3 aliphatic rings. The molecular formula is C22H32N4O5S. The van der Waals surface area contributed by atoms with Gasteiger partial charge in [-0.05, 0) is 31.0 Å². The first kappa shape index (κ1) is 23.2. The van der Waals surface area contributed by atoms with Gasteiger partial charge in [-0.1, -0.05) is 25.3 Å². The lowest BCUT2D eigenvalue weighted by Crippen LogP contribution is -2.59. The van der Waals surface area contributed by atoms with Gasteiger partial charge in [0.1, 0.15) is 0 Å². The monoisotopic (exact) mass is 464 g/mol. The molecule has 9 nitrogen and oxygen atoms in total. The maximum absolute atomic E-state index is 13.0. The SMILES string of the molecule is O=C1CN(S(=O)(=O)c2cccc(C(=O)NCC3(N4CCOCC4)CCCCC3)c2)CCN1. The average molecular weight is 465 g/mol. The smallest absolute Gasteiger partial charge is 0.251 e. The number of nitrogens with zero attached hydrogens (tertiary/aromatic N) is 2. The third kappa shape index (κ3) is 4.98. The quantitative estimate of drug-likeness (QED) is 0.637. The van der Waals surface area contributed by atoms with Crippen molar-refractivity contribution in [3.8, 4) is 0 Å². The summed E-state index contributed by atoms with van der Waals surface area (Å²) in [5.74, 6) is -0.605. The summed E-state index contributed by atoms with van der Waals surface area (Å²) in [5, 5.41) is 5.70. The third-order valence-corrected chi connectivity index (χ3v) is 8.62. The molecule has 0 spiro atoms. The van der Waals surface area contributed by atoms with Crippen LogP contribution in [0.4, 0.5) is 0 Å². The summed E-state index contributed by atoms with van der Waals surface area (Å²) in [7, 11) is -3.85. The van der Waals surface area contributed by atoms with E-state index in [1.54, 1.807) is 12.1 Å². The van der Waals surface area contributed by atoms with E-state index in [1.807, 2.05) is 0 Å². The molecule has 4 rings (SSSR count). The van der Waals surface area contributed by atoms with Gasteiger partial charge in [-0.25, -0.2) is 8.42 Å². The molecule has 2 aliphatic heterocycles. The van der Waals surface area contributed by atoms with Crippen LogP contribution >= 0.6 is 0 Å². The van der Waals surface area contributed by atoms with E-state index >= 15 is 0 Å². The van der Waals surface area contributed by atoms with Gasteiger partial charge in [-0.15, -0.1) is 0 Å². The van der Waals surface area contributed by atoms with E-state index in [4.69, 9.17) is 4.74 Å². The van der Waals surface area contributed by atoms with Gasteiger partial charge in [-0.2, -0.15) is 4.31 Å². The Kier molecular flexibility index (Phi) is 7.14. The highest BCUT2D eigenvalue weighted by molar-refractivity contribution is 7.89. The van der Waals surface area contributed by atoms with Crippen LogP contribution < -0.4 is 10.6 Å². The molecule has 2 N–H and O–H groups in total. The Labute approximate surface area is 189 Å². The second kappa shape index (κ2) is 9.86. The first-order valence-electron chi connectivity index (χ1n) is 11.4. The lowest BCUT2D eigenvalue weighted by atomic mass is 9.79. The van der Waals surface area contributed by atoms with E-state index in [0.29, 0.717) is 25.3 Å². The van der Waals surface area contributed by atoms with Gasteiger partial charge in [0.05, 0.1) is 24.7 Å². The Morgan fingerprint density at radius 3 is 2.59 bits per heavy atom. The van der Waals surface area contributed by atoms with Crippen molar-refractivity contribution in [2.24, 2.45) is 0 Å². The number of ether oxygens (including phenoxy) is 1.